The molecule has 1 unspecified atom stereocenters. The van der Waals surface area contributed by atoms with Gasteiger partial charge in [0.05, 0.1) is 10.0 Å². The van der Waals surface area contributed by atoms with Crippen molar-refractivity contribution < 1.29 is 9.84 Å². The zero-order valence-electron chi connectivity index (χ0n) is 11.3. The first-order valence-corrected chi connectivity index (χ1v) is 7.26. The first-order valence-electron chi connectivity index (χ1n) is 6.50. The highest BCUT2D eigenvalue weighted by Gasteiger charge is 2.06. The van der Waals surface area contributed by atoms with Crippen LogP contribution in [0.25, 0.3) is 0 Å². The molecular formula is C15H16Cl2N2O2. The van der Waals surface area contributed by atoms with Crippen LogP contribution in [0.2, 0.25) is 10.0 Å². The summed E-state index contributed by atoms with van der Waals surface area (Å²) >= 11 is 11.7. The number of aromatic nitrogens is 1. The van der Waals surface area contributed by atoms with Crippen molar-refractivity contribution in [1.29, 1.82) is 0 Å². The lowest BCUT2D eigenvalue weighted by molar-refractivity contribution is 0.106. The third-order valence-electron chi connectivity index (χ3n) is 2.77. The van der Waals surface area contributed by atoms with Gasteiger partial charge in [-0.05, 0) is 23.8 Å². The van der Waals surface area contributed by atoms with E-state index in [1.807, 2.05) is 12.1 Å². The number of hydrogen-bond donors (Lipinski definition) is 2. The van der Waals surface area contributed by atoms with Gasteiger partial charge in [-0.3, -0.25) is 4.98 Å². The Bertz CT molecular complexity index is 567. The van der Waals surface area contributed by atoms with Crippen molar-refractivity contribution in [2.75, 3.05) is 13.2 Å². The van der Waals surface area contributed by atoms with Crippen molar-refractivity contribution >= 4 is 23.2 Å². The van der Waals surface area contributed by atoms with Crippen molar-refractivity contribution in [3.8, 4) is 5.75 Å². The van der Waals surface area contributed by atoms with Crippen molar-refractivity contribution in [3.63, 3.8) is 0 Å². The van der Waals surface area contributed by atoms with Crippen LogP contribution in [0.3, 0.4) is 0 Å². The lowest BCUT2D eigenvalue weighted by Gasteiger charge is -2.13. The van der Waals surface area contributed by atoms with Gasteiger partial charge in [0, 0.05) is 31.5 Å². The topological polar surface area (TPSA) is 54.4 Å². The fraction of sp³-hybridized carbons (Fsp3) is 0.267. The number of nitrogens with one attached hydrogen (secondary N) is 1. The monoisotopic (exact) mass is 326 g/mol. The van der Waals surface area contributed by atoms with E-state index in [2.05, 4.69) is 10.3 Å². The molecule has 0 saturated heterocycles. The molecule has 1 aromatic carbocycles. The highest BCUT2D eigenvalue weighted by atomic mass is 35.5. The molecule has 0 aliphatic carbocycles. The molecule has 4 nitrogen and oxygen atoms in total. The Morgan fingerprint density at radius 1 is 1.24 bits per heavy atom. The molecule has 2 rings (SSSR count). The minimum atomic E-state index is -0.615. The zero-order chi connectivity index (χ0) is 15.1. The first kappa shape index (κ1) is 16.0. The Morgan fingerprint density at radius 2 is 2.10 bits per heavy atom. The molecule has 2 aromatic rings. The van der Waals surface area contributed by atoms with Crippen LogP contribution < -0.4 is 10.1 Å². The van der Waals surface area contributed by atoms with Gasteiger partial charge in [-0.15, -0.1) is 0 Å². The predicted molar refractivity (Wildman–Crippen MR) is 83.9 cm³/mol. The van der Waals surface area contributed by atoms with Crippen LogP contribution in [0.5, 0.6) is 5.75 Å². The zero-order valence-corrected chi connectivity index (χ0v) is 12.8. The van der Waals surface area contributed by atoms with Gasteiger partial charge >= 0.3 is 0 Å². The number of hydrogen-bond acceptors (Lipinski definition) is 4. The summed E-state index contributed by atoms with van der Waals surface area (Å²) < 4.78 is 5.46. The second kappa shape index (κ2) is 8.20. The molecule has 0 aliphatic rings. The Morgan fingerprint density at radius 3 is 2.81 bits per heavy atom. The van der Waals surface area contributed by atoms with E-state index in [9.17, 15) is 5.11 Å². The number of benzene rings is 1. The van der Waals surface area contributed by atoms with Gasteiger partial charge in [-0.2, -0.15) is 0 Å². The Hall–Kier alpha value is -1.33. The summed E-state index contributed by atoms with van der Waals surface area (Å²) in [6.07, 6.45) is 2.89. The summed E-state index contributed by atoms with van der Waals surface area (Å²) in [4.78, 5) is 4.02. The Kier molecular flexibility index (Phi) is 6.26. The molecule has 1 heterocycles. The van der Waals surface area contributed by atoms with E-state index in [4.69, 9.17) is 27.9 Å². The molecule has 0 amide bonds. The van der Waals surface area contributed by atoms with Crippen molar-refractivity contribution in [3.05, 3.63) is 58.3 Å². The van der Waals surface area contributed by atoms with Gasteiger partial charge in [0.15, 0.2) is 0 Å². The summed E-state index contributed by atoms with van der Waals surface area (Å²) in [5.74, 6) is 0.579. The van der Waals surface area contributed by atoms with E-state index < -0.39 is 6.10 Å². The number of pyridine rings is 1. The minimum Gasteiger partial charge on any atom is -0.491 e. The summed E-state index contributed by atoms with van der Waals surface area (Å²) in [6.45, 7) is 1.26. The maximum atomic E-state index is 9.85. The average molecular weight is 327 g/mol. The van der Waals surface area contributed by atoms with Gasteiger partial charge < -0.3 is 15.2 Å². The van der Waals surface area contributed by atoms with Crippen LogP contribution in [-0.2, 0) is 6.54 Å². The minimum absolute atomic E-state index is 0.179. The van der Waals surface area contributed by atoms with E-state index in [1.165, 1.54) is 0 Å². The molecule has 0 radical (unpaired) electrons. The second-order valence-corrected chi connectivity index (χ2v) is 5.35. The lowest BCUT2D eigenvalue weighted by atomic mass is 10.3. The molecule has 112 valence electrons. The Labute approximate surface area is 133 Å². The molecule has 0 saturated carbocycles. The smallest absolute Gasteiger partial charge is 0.121 e. The van der Waals surface area contributed by atoms with Crippen LogP contribution in [0.1, 0.15) is 5.56 Å². The quantitative estimate of drug-likeness (QED) is 0.821. The number of halogens is 2. The third kappa shape index (κ3) is 5.52. The molecule has 2 N–H and O–H groups in total. The van der Waals surface area contributed by atoms with E-state index in [0.717, 1.165) is 5.56 Å². The van der Waals surface area contributed by atoms with Gasteiger partial charge in [0.1, 0.15) is 18.5 Å². The summed E-state index contributed by atoms with van der Waals surface area (Å²) in [5, 5.41) is 13.9. The van der Waals surface area contributed by atoms with Crippen molar-refractivity contribution in [2.24, 2.45) is 0 Å². The lowest BCUT2D eigenvalue weighted by Crippen LogP contribution is -2.31. The van der Waals surface area contributed by atoms with Crippen molar-refractivity contribution in [2.45, 2.75) is 12.6 Å². The molecule has 0 bridgehead atoms. The molecule has 21 heavy (non-hydrogen) atoms. The molecule has 1 aromatic heterocycles. The number of nitrogens with zero attached hydrogens (tertiary/aromatic N) is 1. The summed E-state index contributed by atoms with van der Waals surface area (Å²) in [7, 11) is 0. The maximum absolute atomic E-state index is 9.85. The number of ether oxygens (including phenoxy) is 1. The highest BCUT2D eigenvalue weighted by Crippen LogP contribution is 2.26. The number of aliphatic hydroxyl groups excluding tert-OH is 1. The average Bonchev–Trinajstić information content (AvgIpc) is 2.49. The van der Waals surface area contributed by atoms with E-state index >= 15 is 0 Å². The normalized spacial score (nSPS) is 12.1. The van der Waals surface area contributed by atoms with Crippen LogP contribution in [0.4, 0.5) is 0 Å². The van der Waals surface area contributed by atoms with E-state index in [-0.39, 0.29) is 6.61 Å². The maximum Gasteiger partial charge on any atom is 0.121 e. The molecule has 6 heteroatoms. The van der Waals surface area contributed by atoms with Crippen LogP contribution >= 0.6 is 23.2 Å². The van der Waals surface area contributed by atoms with Gasteiger partial charge in [0.25, 0.3) is 0 Å². The first-order chi connectivity index (χ1) is 10.1. The predicted octanol–water partition coefficient (Wildman–Crippen LogP) is 2.92. The van der Waals surface area contributed by atoms with Crippen LogP contribution in [0, 0.1) is 0 Å². The molecule has 1 atom stereocenters. The molecule has 0 spiro atoms. The van der Waals surface area contributed by atoms with E-state index in [1.54, 1.807) is 30.6 Å². The third-order valence-corrected chi connectivity index (χ3v) is 3.50. The van der Waals surface area contributed by atoms with Gasteiger partial charge in [-0.25, -0.2) is 0 Å². The highest BCUT2D eigenvalue weighted by molar-refractivity contribution is 6.42. The molecule has 0 aliphatic heterocycles. The fourth-order valence-corrected chi connectivity index (χ4v) is 1.99. The SMILES string of the molecule is OC(CNCc1cccnc1)COc1ccc(Cl)c(Cl)c1. The number of aliphatic hydroxyl groups is 1. The standard InChI is InChI=1S/C15H16Cl2N2O2/c16-14-4-3-13(6-15(14)17)21-10-12(20)9-19-8-11-2-1-5-18-7-11/h1-7,12,19-20H,8-10H2. The van der Waals surface area contributed by atoms with E-state index in [0.29, 0.717) is 28.9 Å². The summed E-state index contributed by atoms with van der Waals surface area (Å²) in [5.41, 5.74) is 1.06. The van der Waals surface area contributed by atoms with Gasteiger partial charge in [-0.1, -0.05) is 29.3 Å². The largest absolute Gasteiger partial charge is 0.491 e. The summed E-state index contributed by atoms with van der Waals surface area (Å²) in [6, 6.07) is 8.84. The van der Waals surface area contributed by atoms with Crippen molar-refractivity contribution in [1.82, 2.24) is 10.3 Å². The van der Waals surface area contributed by atoms with Crippen LogP contribution in [-0.4, -0.2) is 29.3 Å². The number of rotatable bonds is 7. The Balaban J connectivity index is 1.69. The van der Waals surface area contributed by atoms with Gasteiger partial charge in [0.2, 0.25) is 0 Å². The molecule has 0 fully saturated rings. The second-order valence-electron chi connectivity index (χ2n) is 4.53. The fourth-order valence-electron chi connectivity index (χ4n) is 1.70. The molecular weight excluding hydrogens is 311 g/mol. The van der Waals surface area contributed by atoms with Crippen LogP contribution in [0.15, 0.2) is 42.7 Å².